The fraction of sp³-hybridized carbons (Fsp3) is 0.400. The van der Waals surface area contributed by atoms with Crippen LogP contribution in [0.2, 0.25) is 0 Å². The molecule has 3 heteroatoms. The Kier molecular flexibility index (Phi) is 4.15. The van der Waals surface area contributed by atoms with Gasteiger partial charge in [0.1, 0.15) is 5.82 Å². The van der Waals surface area contributed by atoms with Gasteiger partial charge in [-0.2, -0.15) is 0 Å². The van der Waals surface area contributed by atoms with Crippen LogP contribution in [0, 0.1) is 5.92 Å². The van der Waals surface area contributed by atoms with E-state index in [0.29, 0.717) is 5.92 Å². The minimum Gasteiger partial charge on any atom is -0.369 e. The van der Waals surface area contributed by atoms with Gasteiger partial charge in [0, 0.05) is 18.5 Å². The summed E-state index contributed by atoms with van der Waals surface area (Å²) in [6.07, 6.45) is 0. The van der Waals surface area contributed by atoms with Crippen molar-refractivity contribution in [2.75, 3.05) is 18.9 Å². The first kappa shape index (κ1) is 12.8. The van der Waals surface area contributed by atoms with Gasteiger partial charge in [0.2, 0.25) is 0 Å². The van der Waals surface area contributed by atoms with Gasteiger partial charge in [0.05, 0.1) is 5.69 Å². The summed E-state index contributed by atoms with van der Waals surface area (Å²) in [4.78, 5) is 4.69. The van der Waals surface area contributed by atoms with E-state index in [9.17, 15) is 0 Å². The SMILES string of the molecule is CNCc1cc2ccccc2c(NCC(C)C)n1. The van der Waals surface area contributed by atoms with Gasteiger partial charge in [-0.3, -0.25) is 0 Å². The fourth-order valence-electron chi connectivity index (χ4n) is 1.96. The zero-order valence-corrected chi connectivity index (χ0v) is 11.3. The highest BCUT2D eigenvalue weighted by molar-refractivity contribution is 5.92. The zero-order valence-electron chi connectivity index (χ0n) is 11.3. The molecular formula is C15H21N3. The summed E-state index contributed by atoms with van der Waals surface area (Å²) < 4.78 is 0. The smallest absolute Gasteiger partial charge is 0.134 e. The summed E-state index contributed by atoms with van der Waals surface area (Å²) in [7, 11) is 1.94. The van der Waals surface area contributed by atoms with E-state index in [4.69, 9.17) is 0 Å². The Morgan fingerprint density at radius 2 is 2.00 bits per heavy atom. The lowest BCUT2D eigenvalue weighted by atomic mass is 10.1. The van der Waals surface area contributed by atoms with Crippen LogP contribution in [0.15, 0.2) is 30.3 Å². The average molecular weight is 243 g/mol. The van der Waals surface area contributed by atoms with E-state index in [-0.39, 0.29) is 0 Å². The predicted molar refractivity (Wildman–Crippen MR) is 77.8 cm³/mol. The third kappa shape index (κ3) is 2.99. The minimum absolute atomic E-state index is 0.610. The third-order valence-electron chi connectivity index (χ3n) is 2.83. The highest BCUT2D eigenvalue weighted by Gasteiger charge is 2.05. The van der Waals surface area contributed by atoms with E-state index < -0.39 is 0 Å². The molecule has 0 radical (unpaired) electrons. The second-order valence-electron chi connectivity index (χ2n) is 4.99. The van der Waals surface area contributed by atoms with Crippen LogP contribution in [0.1, 0.15) is 19.5 Å². The molecule has 1 heterocycles. The first-order chi connectivity index (χ1) is 8.70. The Hall–Kier alpha value is -1.61. The molecule has 0 unspecified atom stereocenters. The van der Waals surface area contributed by atoms with Crippen molar-refractivity contribution in [3.05, 3.63) is 36.0 Å². The molecule has 0 amide bonds. The van der Waals surface area contributed by atoms with Gasteiger partial charge in [0.15, 0.2) is 0 Å². The van der Waals surface area contributed by atoms with Crippen LogP contribution in [0.4, 0.5) is 5.82 Å². The van der Waals surface area contributed by atoms with Crippen molar-refractivity contribution in [3.8, 4) is 0 Å². The predicted octanol–water partition coefficient (Wildman–Crippen LogP) is 3.02. The number of hydrogen-bond donors (Lipinski definition) is 2. The molecule has 0 aliphatic heterocycles. The van der Waals surface area contributed by atoms with Crippen LogP contribution in [-0.2, 0) is 6.54 Å². The zero-order chi connectivity index (χ0) is 13.0. The summed E-state index contributed by atoms with van der Waals surface area (Å²) in [5.41, 5.74) is 1.07. The lowest BCUT2D eigenvalue weighted by Gasteiger charge is -2.12. The van der Waals surface area contributed by atoms with Crippen LogP contribution in [0.25, 0.3) is 10.8 Å². The number of hydrogen-bond acceptors (Lipinski definition) is 3. The number of fused-ring (bicyclic) bond motifs is 1. The number of aromatic nitrogens is 1. The van der Waals surface area contributed by atoms with Gasteiger partial charge in [0.25, 0.3) is 0 Å². The Balaban J connectivity index is 2.40. The molecule has 1 aromatic carbocycles. The first-order valence-corrected chi connectivity index (χ1v) is 6.48. The molecular weight excluding hydrogens is 222 g/mol. The van der Waals surface area contributed by atoms with Crippen LogP contribution in [0.5, 0.6) is 0 Å². The average Bonchev–Trinajstić information content (AvgIpc) is 2.36. The van der Waals surface area contributed by atoms with Crippen LogP contribution in [-0.4, -0.2) is 18.6 Å². The van der Waals surface area contributed by atoms with E-state index in [0.717, 1.165) is 24.6 Å². The summed E-state index contributed by atoms with van der Waals surface area (Å²) >= 11 is 0. The topological polar surface area (TPSA) is 37.0 Å². The maximum atomic E-state index is 4.69. The van der Waals surface area contributed by atoms with Crippen molar-refractivity contribution >= 4 is 16.6 Å². The quantitative estimate of drug-likeness (QED) is 0.847. The van der Waals surface area contributed by atoms with E-state index in [1.807, 2.05) is 7.05 Å². The highest BCUT2D eigenvalue weighted by atomic mass is 15.0. The normalized spacial score (nSPS) is 11.1. The van der Waals surface area contributed by atoms with E-state index in [1.165, 1.54) is 10.8 Å². The van der Waals surface area contributed by atoms with Crippen molar-refractivity contribution in [3.63, 3.8) is 0 Å². The molecule has 1 aromatic heterocycles. The molecule has 0 saturated heterocycles. The largest absolute Gasteiger partial charge is 0.369 e. The van der Waals surface area contributed by atoms with Gasteiger partial charge in [-0.25, -0.2) is 4.98 Å². The molecule has 0 bridgehead atoms. The van der Waals surface area contributed by atoms with Crippen molar-refractivity contribution in [2.24, 2.45) is 5.92 Å². The van der Waals surface area contributed by atoms with E-state index in [1.54, 1.807) is 0 Å². The molecule has 2 rings (SSSR count). The molecule has 3 nitrogen and oxygen atoms in total. The first-order valence-electron chi connectivity index (χ1n) is 6.48. The fourth-order valence-corrected chi connectivity index (χ4v) is 1.96. The minimum atomic E-state index is 0.610. The Morgan fingerprint density at radius 1 is 1.22 bits per heavy atom. The van der Waals surface area contributed by atoms with Crippen molar-refractivity contribution in [1.82, 2.24) is 10.3 Å². The van der Waals surface area contributed by atoms with Crippen LogP contribution < -0.4 is 10.6 Å². The third-order valence-corrected chi connectivity index (χ3v) is 2.83. The molecule has 0 fully saturated rings. The molecule has 0 aliphatic rings. The number of pyridine rings is 1. The summed E-state index contributed by atoms with van der Waals surface area (Å²) in [5, 5.41) is 9.03. The number of anilines is 1. The summed E-state index contributed by atoms with van der Waals surface area (Å²) in [5.74, 6) is 1.60. The number of benzene rings is 1. The van der Waals surface area contributed by atoms with Crippen molar-refractivity contribution in [2.45, 2.75) is 20.4 Å². The van der Waals surface area contributed by atoms with Crippen LogP contribution >= 0.6 is 0 Å². The summed E-state index contributed by atoms with van der Waals surface area (Å²) in [6, 6.07) is 10.5. The molecule has 0 aliphatic carbocycles. The lowest BCUT2D eigenvalue weighted by Crippen LogP contribution is -2.12. The van der Waals surface area contributed by atoms with Gasteiger partial charge >= 0.3 is 0 Å². The Morgan fingerprint density at radius 3 is 2.72 bits per heavy atom. The number of rotatable bonds is 5. The second-order valence-corrected chi connectivity index (χ2v) is 4.99. The molecule has 18 heavy (non-hydrogen) atoms. The standard InChI is InChI=1S/C15H21N3/c1-11(2)9-17-15-14-7-5-4-6-12(14)8-13(18-15)10-16-3/h4-8,11,16H,9-10H2,1-3H3,(H,17,18). The van der Waals surface area contributed by atoms with Crippen molar-refractivity contribution in [1.29, 1.82) is 0 Å². The van der Waals surface area contributed by atoms with Crippen LogP contribution in [0.3, 0.4) is 0 Å². The highest BCUT2D eigenvalue weighted by Crippen LogP contribution is 2.22. The van der Waals surface area contributed by atoms with Crippen molar-refractivity contribution < 1.29 is 0 Å². The number of nitrogens with one attached hydrogen (secondary N) is 2. The molecule has 0 atom stereocenters. The maximum absolute atomic E-state index is 4.69. The van der Waals surface area contributed by atoms with Gasteiger partial charge < -0.3 is 10.6 Å². The summed E-state index contributed by atoms with van der Waals surface area (Å²) in [6.45, 7) is 6.14. The molecule has 96 valence electrons. The number of nitrogens with zero attached hydrogens (tertiary/aromatic N) is 1. The van der Waals surface area contributed by atoms with E-state index >= 15 is 0 Å². The Bertz CT molecular complexity index is 520. The van der Waals surface area contributed by atoms with Gasteiger partial charge in [-0.1, -0.05) is 38.1 Å². The second kappa shape index (κ2) is 5.83. The van der Waals surface area contributed by atoms with Gasteiger partial charge in [-0.05, 0) is 24.4 Å². The van der Waals surface area contributed by atoms with Gasteiger partial charge in [-0.15, -0.1) is 0 Å². The molecule has 0 spiro atoms. The van der Waals surface area contributed by atoms with E-state index in [2.05, 4.69) is 59.8 Å². The molecule has 0 saturated carbocycles. The maximum Gasteiger partial charge on any atom is 0.134 e. The Labute approximate surface area is 109 Å². The lowest BCUT2D eigenvalue weighted by molar-refractivity contribution is 0.686. The monoisotopic (exact) mass is 243 g/mol. The molecule has 2 aromatic rings. The molecule has 2 N–H and O–H groups in total.